The van der Waals surface area contributed by atoms with Gasteiger partial charge in [0.2, 0.25) is 0 Å². The summed E-state index contributed by atoms with van der Waals surface area (Å²) in [4.78, 5) is 15.6. The van der Waals surface area contributed by atoms with Crippen LogP contribution in [0, 0.1) is 10.1 Å². The molecule has 0 saturated carbocycles. The second kappa shape index (κ2) is 6.88. The molecule has 132 valence electrons. The first-order valence-electron chi connectivity index (χ1n) is 8.45. The number of para-hydroxylation sites is 1. The maximum absolute atomic E-state index is 11.2. The van der Waals surface area contributed by atoms with Crippen LogP contribution in [0.15, 0.2) is 78.9 Å². The molecule has 1 heterocycles. The first-order chi connectivity index (χ1) is 13.2. The highest BCUT2D eigenvalue weighted by atomic mass is 16.6. The van der Waals surface area contributed by atoms with Crippen LogP contribution < -0.4 is 4.74 Å². The molecular weight excluding hydrogens is 340 g/mol. The largest absolute Gasteiger partial charge is 0.496 e. The van der Waals surface area contributed by atoms with Crippen molar-refractivity contribution in [2.24, 2.45) is 0 Å². The lowest BCUT2D eigenvalue weighted by atomic mass is 9.97. The van der Waals surface area contributed by atoms with Gasteiger partial charge in [-0.05, 0) is 35.4 Å². The number of benzene rings is 3. The Morgan fingerprint density at radius 1 is 0.889 bits per heavy atom. The van der Waals surface area contributed by atoms with Crippen molar-refractivity contribution in [2.45, 2.75) is 0 Å². The molecule has 0 aliphatic heterocycles. The first kappa shape index (κ1) is 16.7. The van der Waals surface area contributed by atoms with E-state index >= 15 is 0 Å². The third-order valence-electron chi connectivity index (χ3n) is 4.47. The van der Waals surface area contributed by atoms with Gasteiger partial charge in [-0.1, -0.05) is 42.5 Å². The van der Waals surface area contributed by atoms with Gasteiger partial charge in [-0.25, -0.2) is 4.98 Å². The molecule has 1 aromatic heterocycles. The molecule has 5 heteroatoms. The number of aromatic nitrogens is 1. The number of nitro benzene ring substituents is 1. The monoisotopic (exact) mass is 356 g/mol. The highest BCUT2D eigenvalue weighted by Gasteiger charge is 2.15. The van der Waals surface area contributed by atoms with Gasteiger partial charge in [-0.3, -0.25) is 10.1 Å². The highest BCUT2D eigenvalue weighted by Crippen LogP contribution is 2.36. The van der Waals surface area contributed by atoms with E-state index in [-0.39, 0.29) is 10.6 Å². The predicted octanol–water partition coefficient (Wildman–Crippen LogP) is 5.49. The molecule has 4 rings (SSSR count). The van der Waals surface area contributed by atoms with Gasteiger partial charge >= 0.3 is 0 Å². The Kier molecular flexibility index (Phi) is 4.26. The number of nitrogens with zero attached hydrogens (tertiary/aromatic N) is 2. The van der Waals surface area contributed by atoms with Crippen molar-refractivity contribution < 1.29 is 9.66 Å². The molecule has 0 spiro atoms. The SMILES string of the molecule is COc1ccccc1-c1cc(-c2ccccc2)c2cc([N+](=O)[O-])ccc2n1. The van der Waals surface area contributed by atoms with Gasteiger partial charge in [0.15, 0.2) is 0 Å². The molecule has 3 aromatic carbocycles. The zero-order chi connectivity index (χ0) is 18.8. The summed E-state index contributed by atoms with van der Waals surface area (Å²) in [7, 11) is 1.63. The molecule has 0 aliphatic rings. The molecule has 0 unspecified atom stereocenters. The third-order valence-corrected chi connectivity index (χ3v) is 4.47. The van der Waals surface area contributed by atoms with Crippen LogP contribution in [0.1, 0.15) is 0 Å². The van der Waals surface area contributed by atoms with Gasteiger partial charge in [0, 0.05) is 23.1 Å². The highest BCUT2D eigenvalue weighted by molar-refractivity contribution is 5.98. The molecule has 0 atom stereocenters. The first-order valence-corrected chi connectivity index (χ1v) is 8.45. The molecule has 0 N–H and O–H groups in total. The maximum atomic E-state index is 11.2. The van der Waals surface area contributed by atoms with Crippen molar-refractivity contribution >= 4 is 16.6 Å². The fraction of sp³-hybridized carbons (Fsp3) is 0.0455. The molecule has 0 fully saturated rings. The molecule has 0 aliphatic carbocycles. The van der Waals surface area contributed by atoms with E-state index in [0.717, 1.165) is 33.5 Å². The van der Waals surface area contributed by atoms with E-state index in [1.807, 2.05) is 60.7 Å². The van der Waals surface area contributed by atoms with Crippen molar-refractivity contribution in [3.8, 4) is 28.1 Å². The van der Waals surface area contributed by atoms with Gasteiger partial charge < -0.3 is 4.74 Å². The molecule has 27 heavy (non-hydrogen) atoms. The van der Waals surface area contributed by atoms with Crippen molar-refractivity contribution in [1.29, 1.82) is 0 Å². The summed E-state index contributed by atoms with van der Waals surface area (Å²) in [6.07, 6.45) is 0. The van der Waals surface area contributed by atoms with Crippen LogP contribution in [0.25, 0.3) is 33.3 Å². The molecular formula is C22H16N2O3. The fourth-order valence-corrected chi connectivity index (χ4v) is 3.18. The van der Waals surface area contributed by atoms with Crippen LogP contribution in [0.4, 0.5) is 5.69 Å². The minimum Gasteiger partial charge on any atom is -0.496 e. The summed E-state index contributed by atoms with van der Waals surface area (Å²) in [5.74, 6) is 0.727. The van der Waals surface area contributed by atoms with Gasteiger partial charge in [0.25, 0.3) is 5.69 Å². The predicted molar refractivity (Wildman–Crippen MR) is 106 cm³/mol. The number of pyridine rings is 1. The van der Waals surface area contributed by atoms with Gasteiger partial charge in [0.1, 0.15) is 5.75 Å². The topological polar surface area (TPSA) is 65.3 Å². The Labute approximate surface area is 156 Å². The number of hydrogen-bond acceptors (Lipinski definition) is 4. The van der Waals surface area contributed by atoms with Crippen LogP contribution in [0.5, 0.6) is 5.75 Å². The summed E-state index contributed by atoms with van der Waals surface area (Å²) in [6.45, 7) is 0. The lowest BCUT2D eigenvalue weighted by Gasteiger charge is -2.12. The summed E-state index contributed by atoms with van der Waals surface area (Å²) < 4.78 is 5.48. The van der Waals surface area contributed by atoms with Crippen molar-refractivity contribution in [3.63, 3.8) is 0 Å². The fourth-order valence-electron chi connectivity index (χ4n) is 3.18. The Morgan fingerprint density at radius 3 is 2.37 bits per heavy atom. The van der Waals surface area contributed by atoms with E-state index in [0.29, 0.717) is 5.52 Å². The molecule has 0 saturated heterocycles. The Morgan fingerprint density at radius 2 is 1.63 bits per heavy atom. The van der Waals surface area contributed by atoms with Crippen LogP contribution in [-0.2, 0) is 0 Å². The molecule has 0 amide bonds. The van der Waals surface area contributed by atoms with Gasteiger partial charge in [-0.15, -0.1) is 0 Å². The smallest absolute Gasteiger partial charge is 0.270 e. The van der Waals surface area contributed by atoms with Crippen LogP contribution in [-0.4, -0.2) is 17.0 Å². The standard InChI is InChI=1S/C22H16N2O3/c1-27-22-10-6-5-9-17(22)21-14-18(15-7-3-2-4-8-15)19-13-16(24(25)26)11-12-20(19)23-21/h2-14H,1H3. The zero-order valence-electron chi connectivity index (χ0n) is 14.6. The second-order valence-electron chi connectivity index (χ2n) is 6.08. The lowest BCUT2D eigenvalue weighted by Crippen LogP contribution is -1.94. The van der Waals surface area contributed by atoms with E-state index in [9.17, 15) is 10.1 Å². The van der Waals surface area contributed by atoms with E-state index < -0.39 is 0 Å². The summed E-state index contributed by atoms with van der Waals surface area (Å²) in [5.41, 5.74) is 4.24. The Balaban J connectivity index is 2.04. The Bertz CT molecular complexity index is 1140. The molecule has 5 nitrogen and oxygen atoms in total. The van der Waals surface area contributed by atoms with E-state index in [1.165, 1.54) is 6.07 Å². The Hall–Kier alpha value is -3.73. The lowest BCUT2D eigenvalue weighted by molar-refractivity contribution is -0.384. The van der Waals surface area contributed by atoms with Gasteiger partial charge in [0.05, 0.1) is 23.2 Å². The van der Waals surface area contributed by atoms with Gasteiger partial charge in [-0.2, -0.15) is 0 Å². The number of rotatable bonds is 4. The van der Waals surface area contributed by atoms with E-state index in [1.54, 1.807) is 19.2 Å². The molecule has 0 bridgehead atoms. The third kappa shape index (κ3) is 3.11. The summed E-state index contributed by atoms with van der Waals surface area (Å²) in [6, 6.07) is 24.2. The van der Waals surface area contributed by atoms with Crippen molar-refractivity contribution in [2.75, 3.05) is 7.11 Å². The van der Waals surface area contributed by atoms with Crippen molar-refractivity contribution in [3.05, 3.63) is 89.0 Å². The normalized spacial score (nSPS) is 10.7. The number of ether oxygens (including phenoxy) is 1. The quantitative estimate of drug-likeness (QED) is 0.358. The minimum atomic E-state index is -0.387. The van der Waals surface area contributed by atoms with Crippen LogP contribution in [0.2, 0.25) is 0 Å². The van der Waals surface area contributed by atoms with Crippen LogP contribution >= 0.6 is 0 Å². The summed E-state index contributed by atoms with van der Waals surface area (Å²) >= 11 is 0. The zero-order valence-corrected chi connectivity index (χ0v) is 14.6. The number of nitro groups is 1. The molecule has 4 aromatic rings. The molecule has 0 radical (unpaired) electrons. The van der Waals surface area contributed by atoms with Crippen molar-refractivity contribution in [1.82, 2.24) is 4.98 Å². The number of methoxy groups -OCH3 is 1. The number of non-ortho nitro benzene ring substituents is 1. The summed E-state index contributed by atoms with van der Waals surface area (Å²) in [5, 5.41) is 12.0. The maximum Gasteiger partial charge on any atom is 0.270 e. The number of hydrogen-bond donors (Lipinski definition) is 0. The average molecular weight is 356 g/mol. The van der Waals surface area contributed by atoms with Crippen LogP contribution in [0.3, 0.4) is 0 Å². The second-order valence-corrected chi connectivity index (χ2v) is 6.08. The van der Waals surface area contributed by atoms with E-state index in [2.05, 4.69) is 0 Å². The van der Waals surface area contributed by atoms with E-state index in [4.69, 9.17) is 9.72 Å². The average Bonchev–Trinajstić information content (AvgIpc) is 2.73. The number of fused-ring (bicyclic) bond motifs is 1. The minimum absolute atomic E-state index is 0.0477.